The van der Waals surface area contributed by atoms with Crippen LogP contribution in [0.15, 0.2) is 53.4 Å². The van der Waals surface area contributed by atoms with Crippen LogP contribution in [0.5, 0.6) is 0 Å². The normalized spacial score (nSPS) is 20.3. The summed E-state index contributed by atoms with van der Waals surface area (Å²) in [4.78, 5) is 15.4. The number of nitrogens with one attached hydrogen (secondary N) is 1. The van der Waals surface area contributed by atoms with E-state index in [2.05, 4.69) is 16.3 Å². The molecule has 0 aliphatic carbocycles. The van der Waals surface area contributed by atoms with Crippen molar-refractivity contribution in [1.29, 1.82) is 0 Å². The van der Waals surface area contributed by atoms with E-state index in [-0.39, 0.29) is 17.3 Å². The van der Waals surface area contributed by atoms with Gasteiger partial charge in [0.05, 0.1) is 4.90 Å². The number of carbonyl (C=O) groups is 1. The Bertz CT molecular complexity index is 1040. The Balaban J connectivity index is 1.42. The third-order valence-corrected chi connectivity index (χ3v) is 8.26. The molecule has 0 unspecified atom stereocenters. The molecular formula is C24H30FN3O3S. The Morgan fingerprint density at radius 3 is 2.34 bits per heavy atom. The number of hydrogen-bond donors (Lipinski definition) is 1. The van der Waals surface area contributed by atoms with E-state index in [1.165, 1.54) is 41.3 Å². The van der Waals surface area contributed by atoms with E-state index in [1.807, 2.05) is 18.2 Å². The second-order valence-corrected chi connectivity index (χ2v) is 10.4. The van der Waals surface area contributed by atoms with Crippen molar-refractivity contribution < 1.29 is 17.6 Å². The molecule has 1 amide bonds. The van der Waals surface area contributed by atoms with Crippen molar-refractivity contribution >= 4 is 15.9 Å². The summed E-state index contributed by atoms with van der Waals surface area (Å²) >= 11 is 0. The van der Waals surface area contributed by atoms with Gasteiger partial charge in [-0.3, -0.25) is 9.69 Å². The maximum atomic E-state index is 13.2. The predicted octanol–water partition coefficient (Wildman–Crippen LogP) is 3.28. The fraction of sp³-hybridized carbons (Fsp3) is 0.458. The number of halogens is 1. The lowest BCUT2D eigenvalue weighted by Crippen LogP contribution is -2.45. The minimum absolute atomic E-state index is 0.00507. The average Bonchev–Trinajstić information content (AvgIpc) is 3.30. The van der Waals surface area contributed by atoms with Crippen LogP contribution in [-0.2, 0) is 27.9 Å². The van der Waals surface area contributed by atoms with E-state index in [4.69, 9.17) is 0 Å². The predicted molar refractivity (Wildman–Crippen MR) is 121 cm³/mol. The van der Waals surface area contributed by atoms with Crippen LogP contribution in [-0.4, -0.2) is 49.2 Å². The van der Waals surface area contributed by atoms with Crippen LogP contribution in [0.25, 0.3) is 0 Å². The Kier molecular flexibility index (Phi) is 7.23. The van der Waals surface area contributed by atoms with Gasteiger partial charge in [-0.05, 0) is 74.2 Å². The van der Waals surface area contributed by atoms with Crippen molar-refractivity contribution in [3.8, 4) is 0 Å². The van der Waals surface area contributed by atoms with Gasteiger partial charge >= 0.3 is 0 Å². The molecule has 172 valence electrons. The standard InChI is InChI=1S/C24H30FN3O3S/c25-21-10-12-22(13-11-21)32(30,31)28-16-6-9-23(28)24(29)26-17-19-7-2-3-8-20(19)18-27-14-4-1-5-15-27/h2-3,7-8,10-13,23H,1,4-6,9,14-18H2,(H,26,29)/t23-/m0/s1. The topological polar surface area (TPSA) is 69.7 Å². The highest BCUT2D eigenvalue weighted by Crippen LogP contribution is 2.26. The molecule has 32 heavy (non-hydrogen) atoms. The first-order valence-electron chi connectivity index (χ1n) is 11.3. The molecule has 8 heteroatoms. The molecule has 0 radical (unpaired) electrons. The molecule has 1 atom stereocenters. The zero-order valence-electron chi connectivity index (χ0n) is 18.2. The lowest BCUT2D eigenvalue weighted by atomic mass is 10.0. The highest BCUT2D eigenvalue weighted by Gasteiger charge is 2.39. The Morgan fingerprint density at radius 2 is 1.62 bits per heavy atom. The molecule has 2 heterocycles. The second-order valence-electron chi connectivity index (χ2n) is 8.55. The van der Waals surface area contributed by atoms with Gasteiger partial charge in [0, 0.05) is 19.6 Å². The first-order chi connectivity index (χ1) is 15.4. The molecule has 2 aromatic carbocycles. The van der Waals surface area contributed by atoms with Gasteiger partial charge in [0.25, 0.3) is 0 Å². The van der Waals surface area contributed by atoms with Crippen LogP contribution in [0.4, 0.5) is 4.39 Å². The number of likely N-dealkylation sites (tertiary alicyclic amines) is 1. The molecule has 2 saturated heterocycles. The molecule has 4 rings (SSSR count). The zero-order chi connectivity index (χ0) is 22.6. The Hall–Kier alpha value is -2.29. The summed E-state index contributed by atoms with van der Waals surface area (Å²) in [5.74, 6) is -0.788. The lowest BCUT2D eigenvalue weighted by Gasteiger charge is -2.27. The zero-order valence-corrected chi connectivity index (χ0v) is 19.0. The number of benzene rings is 2. The minimum atomic E-state index is -3.86. The number of rotatable bonds is 7. The molecule has 0 bridgehead atoms. The van der Waals surface area contributed by atoms with E-state index in [9.17, 15) is 17.6 Å². The third kappa shape index (κ3) is 5.19. The van der Waals surface area contributed by atoms with E-state index < -0.39 is 21.9 Å². The summed E-state index contributed by atoms with van der Waals surface area (Å²) in [5, 5.41) is 2.96. The van der Waals surface area contributed by atoms with Crippen LogP contribution in [0.1, 0.15) is 43.2 Å². The lowest BCUT2D eigenvalue weighted by molar-refractivity contribution is -0.124. The maximum Gasteiger partial charge on any atom is 0.243 e. The highest BCUT2D eigenvalue weighted by molar-refractivity contribution is 7.89. The van der Waals surface area contributed by atoms with Gasteiger partial charge in [0.15, 0.2) is 0 Å². The summed E-state index contributed by atoms with van der Waals surface area (Å²) in [7, 11) is -3.86. The smallest absolute Gasteiger partial charge is 0.243 e. The second kappa shape index (κ2) is 10.1. The molecular weight excluding hydrogens is 429 g/mol. The summed E-state index contributed by atoms with van der Waals surface area (Å²) in [6, 6.07) is 12.1. The van der Waals surface area contributed by atoms with Gasteiger partial charge in [-0.25, -0.2) is 12.8 Å². The third-order valence-electron chi connectivity index (χ3n) is 6.34. The molecule has 6 nitrogen and oxygen atoms in total. The van der Waals surface area contributed by atoms with Crippen LogP contribution >= 0.6 is 0 Å². The molecule has 2 aliphatic rings. The van der Waals surface area contributed by atoms with Crippen molar-refractivity contribution in [3.05, 3.63) is 65.5 Å². The largest absolute Gasteiger partial charge is 0.351 e. The van der Waals surface area contributed by atoms with Crippen molar-refractivity contribution in [2.24, 2.45) is 0 Å². The summed E-state index contributed by atoms with van der Waals surface area (Å²) in [5.41, 5.74) is 2.24. The summed E-state index contributed by atoms with van der Waals surface area (Å²) in [6.45, 7) is 3.70. The number of hydrogen-bond acceptors (Lipinski definition) is 4. The summed E-state index contributed by atoms with van der Waals surface area (Å²) < 4.78 is 40.5. The first-order valence-corrected chi connectivity index (χ1v) is 12.7. The first kappa shape index (κ1) is 22.9. The van der Waals surface area contributed by atoms with E-state index in [1.54, 1.807) is 0 Å². The van der Waals surface area contributed by atoms with Crippen molar-refractivity contribution in [1.82, 2.24) is 14.5 Å². The molecule has 2 fully saturated rings. The molecule has 2 aromatic rings. The van der Waals surface area contributed by atoms with E-state index in [0.29, 0.717) is 19.4 Å². The quantitative estimate of drug-likeness (QED) is 0.690. The maximum absolute atomic E-state index is 13.2. The fourth-order valence-electron chi connectivity index (χ4n) is 4.57. The molecule has 0 aromatic heterocycles. The number of nitrogens with zero attached hydrogens (tertiary/aromatic N) is 2. The van der Waals surface area contributed by atoms with Gasteiger partial charge in [-0.1, -0.05) is 30.7 Å². The fourth-order valence-corrected chi connectivity index (χ4v) is 6.23. The number of sulfonamides is 1. The number of carbonyl (C=O) groups excluding carboxylic acids is 1. The molecule has 1 N–H and O–H groups in total. The monoisotopic (exact) mass is 459 g/mol. The van der Waals surface area contributed by atoms with Crippen molar-refractivity contribution in [3.63, 3.8) is 0 Å². The van der Waals surface area contributed by atoms with Gasteiger partial charge in [0.1, 0.15) is 11.9 Å². The number of amides is 1. The van der Waals surface area contributed by atoms with Crippen LogP contribution < -0.4 is 5.32 Å². The van der Waals surface area contributed by atoms with E-state index >= 15 is 0 Å². The van der Waals surface area contributed by atoms with Crippen molar-refractivity contribution in [2.45, 2.75) is 56.1 Å². The van der Waals surface area contributed by atoms with E-state index in [0.717, 1.165) is 37.3 Å². The average molecular weight is 460 g/mol. The van der Waals surface area contributed by atoms with Gasteiger partial charge in [0.2, 0.25) is 15.9 Å². The highest BCUT2D eigenvalue weighted by atomic mass is 32.2. The molecule has 0 saturated carbocycles. The summed E-state index contributed by atoms with van der Waals surface area (Å²) in [6.07, 6.45) is 4.82. The molecule has 2 aliphatic heterocycles. The Labute approximate surface area is 189 Å². The van der Waals surface area contributed by atoms with Crippen LogP contribution in [0.3, 0.4) is 0 Å². The SMILES string of the molecule is O=C(NCc1ccccc1CN1CCCCC1)[C@@H]1CCCN1S(=O)(=O)c1ccc(F)cc1. The Morgan fingerprint density at radius 1 is 0.938 bits per heavy atom. The number of piperidine rings is 1. The van der Waals surface area contributed by atoms with Gasteiger partial charge in [-0.15, -0.1) is 0 Å². The van der Waals surface area contributed by atoms with Gasteiger partial charge < -0.3 is 5.32 Å². The van der Waals surface area contributed by atoms with Crippen LogP contribution in [0, 0.1) is 5.82 Å². The van der Waals surface area contributed by atoms with Crippen molar-refractivity contribution in [2.75, 3.05) is 19.6 Å². The van der Waals surface area contributed by atoms with Gasteiger partial charge in [-0.2, -0.15) is 4.31 Å². The minimum Gasteiger partial charge on any atom is -0.351 e. The van der Waals surface area contributed by atoms with Crippen LogP contribution in [0.2, 0.25) is 0 Å². The molecule has 0 spiro atoms.